The quantitative estimate of drug-likeness (QED) is 0.824. The number of benzene rings is 2. The van der Waals surface area contributed by atoms with Crippen LogP contribution in [0.25, 0.3) is 0 Å². The van der Waals surface area contributed by atoms with Gasteiger partial charge in [-0.15, -0.1) is 0 Å². The Bertz CT molecular complexity index is 784. The molecule has 130 valence electrons. The van der Waals surface area contributed by atoms with E-state index in [0.717, 1.165) is 16.7 Å². The van der Waals surface area contributed by atoms with Gasteiger partial charge in [-0.2, -0.15) is 0 Å². The second-order valence-electron chi connectivity index (χ2n) is 6.05. The average molecular weight is 347 g/mol. The summed E-state index contributed by atoms with van der Waals surface area (Å²) in [5, 5.41) is 0. The number of nitrogens with one attached hydrogen (secondary N) is 1. The second kappa shape index (κ2) is 7.81. The van der Waals surface area contributed by atoms with Gasteiger partial charge in [0, 0.05) is 6.54 Å². The van der Waals surface area contributed by atoms with E-state index < -0.39 is 10.0 Å². The van der Waals surface area contributed by atoms with Crippen molar-refractivity contribution in [2.24, 2.45) is 0 Å². The van der Waals surface area contributed by atoms with Gasteiger partial charge in [-0.1, -0.05) is 44.2 Å². The fraction of sp³-hybridized carbons (Fsp3) is 0.368. The molecule has 0 amide bonds. The van der Waals surface area contributed by atoms with Crippen molar-refractivity contribution in [1.29, 1.82) is 0 Å². The first-order valence-electron chi connectivity index (χ1n) is 8.16. The topological polar surface area (TPSA) is 55.4 Å². The lowest BCUT2D eigenvalue weighted by Gasteiger charge is -2.17. The summed E-state index contributed by atoms with van der Waals surface area (Å²) in [5.41, 5.74) is 2.96. The Balaban J connectivity index is 2.38. The highest BCUT2D eigenvalue weighted by Crippen LogP contribution is 2.31. The van der Waals surface area contributed by atoms with E-state index in [9.17, 15) is 8.42 Å². The van der Waals surface area contributed by atoms with Crippen molar-refractivity contribution < 1.29 is 13.2 Å². The minimum atomic E-state index is -3.66. The molecule has 1 N–H and O–H groups in total. The number of ether oxygens (including phenoxy) is 1. The lowest BCUT2D eigenvalue weighted by atomic mass is 9.98. The van der Waals surface area contributed by atoms with E-state index in [0.29, 0.717) is 12.4 Å². The number of hydrogen-bond donors (Lipinski definition) is 1. The van der Waals surface area contributed by atoms with E-state index in [1.807, 2.05) is 50.2 Å². The van der Waals surface area contributed by atoms with Crippen LogP contribution in [-0.2, 0) is 16.6 Å². The maximum Gasteiger partial charge on any atom is 0.244 e. The Morgan fingerprint density at radius 3 is 2.38 bits per heavy atom. The Kier molecular flexibility index (Phi) is 6.02. The van der Waals surface area contributed by atoms with E-state index in [1.54, 1.807) is 6.07 Å². The van der Waals surface area contributed by atoms with E-state index in [2.05, 4.69) is 18.6 Å². The molecule has 0 atom stereocenters. The maximum absolute atomic E-state index is 12.8. The highest BCUT2D eigenvalue weighted by atomic mass is 32.2. The zero-order valence-corrected chi connectivity index (χ0v) is 15.5. The van der Waals surface area contributed by atoms with Crippen molar-refractivity contribution in [1.82, 2.24) is 4.72 Å². The third kappa shape index (κ3) is 4.36. The van der Waals surface area contributed by atoms with Crippen molar-refractivity contribution in [2.45, 2.75) is 45.1 Å². The molecule has 2 aromatic rings. The van der Waals surface area contributed by atoms with Crippen molar-refractivity contribution in [3.63, 3.8) is 0 Å². The molecule has 0 aliphatic rings. The van der Waals surface area contributed by atoms with Crippen LogP contribution >= 0.6 is 0 Å². The lowest BCUT2D eigenvalue weighted by molar-refractivity contribution is 0.330. The molecule has 0 saturated carbocycles. The van der Waals surface area contributed by atoms with E-state index in [1.165, 1.54) is 0 Å². The Labute approximate surface area is 144 Å². The molecule has 0 aromatic heterocycles. The third-order valence-electron chi connectivity index (χ3n) is 3.85. The minimum Gasteiger partial charge on any atom is -0.492 e. The van der Waals surface area contributed by atoms with Crippen molar-refractivity contribution >= 4 is 10.0 Å². The molecule has 0 radical (unpaired) electrons. The number of hydrogen-bond acceptors (Lipinski definition) is 3. The smallest absolute Gasteiger partial charge is 0.244 e. The standard InChI is InChI=1S/C19H25NO3S/c1-5-23-18-11-15(4)17(14(2)3)12-19(18)24(21,22)20-13-16-9-7-6-8-10-16/h6-12,14,20H,5,13H2,1-4H3. The molecule has 0 saturated heterocycles. The first kappa shape index (κ1) is 18.5. The van der Waals surface area contributed by atoms with E-state index >= 15 is 0 Å². The van der Waals surface area contributed by atoms with Crippen molar-refractivity contribution in [2.75, 3.05) is 6.61 Å². The van der Waals surface area contributed by atoms with Crippen LogP contribution in [0, 0.1) is 6.92 Å². The molecule has 0 spiro atoms. The molecule has 0 unspecified atom stereocenters. The van der Waals surface area contributed by atoms with Crippen LogP contribution in [0.15, 0.2) is 47.4 Å². The van der Waals surface area contributed by atoms with Crippen LogP contribution in [0.5, 0.6) is 5.75 Å². The molecule has 0 bridgehead atoms. The van der Waals surface area contributed by atoms with E-state index in [4.69, 9.17) is 4.74 Å². The Morgan fingerprint density at radius 2 is 1.79 bits per heavy atom. The van der Waals surface area contributed by atoms with Crippen LogP contribution < -0.4 is 9.46 Å². The van der Waals surface area contributed by atoms with Gasteiger partial charge in [0.2, 0.25) is 10.0 Å². The monoisotopic (exact) mass is 347 g/mol. The van der Waals surface area contributed by atoms with Crippen molar-refractivity contribution in [3.05, 3.63) is 59.2 Å². The summed E-state index contributed by atoms with van der Waals surface area (Å²) in [7, 11) is -3.66. The van der Waals surface area contributed by atoms with Gasteiger partial charge >= 0.3 is 0 Å². The van der Waals surface area contributed by atoms with Gasteiger partial charge in [0.15, 0.2) is 0 Å². The highest BCUT2D eigenvalue weighted by molar-refractivity contribution is 7.89. The summed E-state index contributed by atoms with van der Waals surface area (Å²) in [6.07, 6.45) is 0. The fourth-order valence-electron chi connectivity index (χ4n) is 2.63. The zero-order valence-electron chi connectivity index (χ0n) is 14.7. The first-order valence-corrected chi connectivity index (χ1v) is 9.64. The summed E-state index contributed by atoms with van der Waals surface area (Å²) < 4.78 is 33.8. The van der Waals surface area contributed by atoms with Gasteiger partial charge in [-0.3, -0.25) is 0 Å². The molecular formula is C19H25NO3S. The third-order valence-corrected chi connectivity index (χ3v) is 5.28. The summed E-state index contributed by atoms with van der Waals surface area (Å²) >= 11 is 0. The zero-order chi connectivity index (χ0) is 17.7. The predicted molar refractivity (Wildman–Crippen MR) is 96.9 cm³/mol. The van der Waals surface area contributed by atoms with Gasteiger partial charge < -0.3 is 4.74 Å². The highest BCUT2D eigenvalue weighted by Gasteiger charge is 2.22. The maximum atomic E-state index is 12.8. The van der Waals surface area contributed by atoms with Crippen LogP contribution in [0.2, 0.25) is 0 Å². The van der Waals surface area contributed by atoms with Gasteiger partial charge in [-0.05, 0) is 48.6 Å². The first-order chi connectivity index (χ1) is 11.3. The molecule has 2 rings (SSSR count). The molecule has 0 fully saturated rings. The summed E-state index contributed by atoms with van der Waals surface area (Å²) in [6, 6.07) is 13.0. The second-order valence-corrected chi connectivity index (χ2v) is 7.79. The normalized spacial score (nSPS) is 11.7. The van der Waals surface area contributed by atoms with Crippen LogP contribution in [0.3, 0.4) is 0 Å². The largest absolute Gasteiger partial charge is 0.492 e. The molecule has 0 aliphatic heterocycles. The van der Waals surface area contributed by atoms with Gasteiger partial charge in [0.1, 0.15) is 10.6 Å². The molecule has 0 aliphatic carbocycles. The number of sulfonamides is 1. The predicted octanol–water partition coefficient (Wildman–Crippen LogP) is 4.00. The number of rotatable bonds is 7. The SMILES string of the molecule is CCOc1cc(C)c(C(C)C)cc1S(=O)(=O)NCc1ccccc1. The molecule has 5 heteroatoms. The van der Waals surface area contributed by atoms with Crippen LogP contribution in [-0.4, -0.2) is 15.0 Å². The fourth-order valence-corrected chi connectivity index (χ4v) is 3.81. The summed E-state index contributed by atoms with van der Waals surface area (Å²) in [5.74, 6) is 0.642. The van der Waals surface area contributed by atoms with E-state index in [-0.39, 0.29) is 17.4 Å². The van der Waals surface area contributed by atoms with Gasteiger partial charge in [0.25, 0.3) is 0 Å². The van der Waals surface area contributed by atoms with Gasteiger partial charge in [0.05, 0.1) is 6.61 Å². The molecule has 4 nitrogen and oxygen atoms in total. The minimum absolute atomic E-state index is 0.203. The molecular weight excluding hydrogens is 322 g/mol. The molecule has 2 aromatic carbocycles. The summed E-state index contributed by atoms with van der Waals surface area (Å²) in [6.45, 7) is 8.60. The summed E-state index contributed by atoms with van der Waals surface area (Å²) in [4.78, 5) is 0.203. The Hall–Kier alpha value is -1.85. The lowest BCUT2D eigenvalue weighted by Crippen LogP contribution is -2.24. The molecule has 0 heterocycles. The van der Waals surface area contributed by atoms with Crippen molar-refractivity contribution in [3.8, 4) is 5.75 Å². The number of aryl methyl sites for hydroxylation is 1. The van der Waals surface area contributed by atoms with Crippen LogP contribution in [0.4, 0.5) is 0 Å². The van der Waals surface area contributed by atoms with Crippen LogP contribution in [0.1, 0.15) is 43.4 Å². The molecule has 24 heavy (non-hydrogen) atoms. The van der Waals surface area contributed by atoms with Gasteiger partial charge in [-0.25, -0.2) is 13.1 Å². The average Bonchev–Trinajstić information content (AvgIpc) is 2.54. The Morgan fingerprint density at radius 1 is 1.12 bits per heavy atom.